The normalized spacial score (nSPS) is 24.9. The van der Waals surface area contributed by atoms with Crippen molar-refractivity contribution in [1.82, 2.24) is 14.9 Å². The maximum absolute atomic E-state index is 14.4. The number of para-hydroxylation sites is 2. The zero-order valence-electron chi connectivity index (χ0n) is 22.1. The van der Waals surface area contributed by atoms with E-state index >= 15 is 0 Å². The third-order valence-electron chi connectivity index (χ3n) is 8.52. The van der Waals surface area contributed by atoms with Crippen molar-refractivity contribution in [2.24, 2.45) is 17.8 Å². The second-order valence-corrected chi connectivity index (χ2v) is 11.4. The van der Waals surface area contributed by atoms with E-state index in [0.29, 0.717) is 34.4 Å². The molecule has 4 atom stereocenters. The number of benzene rings is 3. The van der Waals surface area contributed by atoms with Crippen LogP contribution in [0.2, 0.25) is 0 Å². The summed E-state index contributed by atoms with van der Waals surface area (Å²) in [5, 5.41) is 4.01. The minimum absolute atomic E-state index is 0.127. The lowest BCUT2D eigenvalue weighted by atomic mass is 9.75. The standard InChI is InChI=1S/C31H25F3N4O3/c1-16(2)14-22-24-25(28(41)37(27(24)40)18-9-7-8-17(15-18)31(32,33)34)30(36-22)20-11-4-6-13-23(20)38-26(39)19-10-3-5-12-21(19)35-29(30)38/h3-13,15-16,22,24-25,36H,14H2,1-2H3/t22-,24+,25-,30+/m1/s1. The number of alkyl halides is 3. The summed E-state index contributed by atoms with van der Waals surface area (Å²) in [5.74, 6) is -2.65. The van der Waals surface area contributed by atoms with Crippen LogP contribution >= 0.6 is 0 Å². The van der Waals surface area contributed by atoms with Crippen molar-refractivity contribution < 1.29 is 22.8 Å². The fourth-order valence-corrected chi connectivity index (χ4v) is 7.01. The summed E-state index contributed by atoms with van der Waals surface area (Å²) in [5.41, 5.74) is -1.07. The highest BCUT2D eigenvalue weighted by Gasteiger charge is 2.69. The van der Waals surface area contributed by atoms with E-state index in [2.05, 4.69) is 5.32 Å². The van der Waals surface area contributed by atoms with Gasteiger partial charge < -0.3 is 0 Å². The van der Waals surface area contributed by atoms with Gasteiger partial charge in [0.05, 0.1) is 39.7 Å². The van der Waals surface area contributed by atoms with E-state index in [-0.39, 0.29) is 17.2 Å². The number of nitrogens with zero attached hydrogens (tertiary/aromatic N) is 3. The summed E-state index contributed by atoms with van der Waals surface area (Å²) in [6, 6.07) is 17.9. The molecule has 1 aromatic heterocycles. The highest BCUT2D eigenvalue weighted by Crippen LogP contribution is 2.56. The second kappa shape index (κ2) is 8.59. The fourth-order valence-electron chi connectivity index (χ4n) is 7.01. The molecule has 0 aliphatic carbocycles. The van der Waals surface area contributed by atoms with Crippen molar-refractivity contribution in [3.8, 4) is 5.69 Å². The van der Waals surface area contributed by atoms with Gasteiger partial charge in [-0.1, -0.05) is 50.2 Å². The first-order valence-electron chi connectivity index (χ1n) is 13.5. The molecular weight excluding hydrogens is 533 g/mol. The van der Waals surface area contributed by atoms with Gasteiger partial charge in [-0.05, 0) is 48.7 Å². The molecule has 0 bridgehead atoms. The smallest absolute Gasteiger partial charge is 0.297 e. The van der Waals surface area contributed by atoms with Crippen molar-refractivity contribution in [3.05, 3.63) is 100 Å². The first-order chi connectivity index (χ1) is 19.5. The van der Waals surface area contributed by atoms with Crippen LogP contribution in [0.25, 0.3) is 16.6 Å². The topological polar surface area (TPSA) is 84.3 Å². The molecule has 10 heteroatoms. The van der Waals surface area contributed by atoms with E-state index in [1.165, 1.54) is 16.7 Å². The molecule has 1 N–H and O–H groups in total. The third-order valence-corrected chi connectivity index (χ3v) is 8.52. The predicted octanol–water partition coefficient (Wildman–Crippen LogP) is 4.79. The first-order valence-corrected chi connectivity index (χ1v) is 13.5. The van der Waals surface area contributed by atoms with E-state index in [9.17, 15) is 27.6 Å². The maximum Gasteiger partial charge on any atom is 0.416 e. The van der Waals surface area contributed by atoms with Crippen molar-refractivity contribution in [2.75, 3.05) is 4.90 Å². The van der Waals surface area contributed by atoms with Crippen LogP contribution in [0.1, 0.15) is 37.2 Å². The van der Waals surface area contributed by atoms with Crippen LogP contribution in [0.4, 0.5) is 18.9 Å². The van der Waals surface area contributed by atoms with E-state index in [4.69, 9.17) is 4.98 Å². The van der Waals surface area contributed by atoms with Crippen molar-refractivity contribution in [2.45, 2.75) is 38.0 Å². The molecule has 4 aromatic rings. The van der Waals surface area contributed by atoms with Crippen LogP contribution in [0.5, 0.6) is 0 Å². The van der Waals surface area contributed by atoms with Gasteiger partial charge in [-0.3, -0.25) is 24.3 Å². The molecule has 3 aliphatic rings. The number of hydrogen-bond acceptors (Lipinski definition) is 5. The Kier molecular flexibility index (Phi) is 5.38. The Hall–Kier alpha value is -4.31. The van der Waals surface area contributed by atoms with Crippen molar-refractivity contribution in [1.29, 1.82) is 0 Å². The second-order valence-electron chi connectivity index (χ2n) is 11.4. The van der Waals surface area contributed by atoms with Gasteiger partial charge >= 0.3 is 6.18 Å². The third kappa shape index (κ3) is 3.43. The highest BCUT2D eigenvalue weighted by atomic mass is 19.4. The van der Waals surface area contributed by atoms with Crippen LogP contribution < -0.4 is 15.8 Å². The Morgan fingerprint density at radius 3 is 2.44 bits per heavy atom. The Morgan fingerprint density at radius 2 is 1.68 bits per heavy atom. The average molecular weight is 559 g/mol. The fraction of sp³-hybridized carbons (Fsp3) is 0.290. The molecule has 4 heterocycles. The molecule has 1 spiro atoms. The number of nitrogens with one attached hydrogen (secondary N) is 1. The molecular formula is C31H25F3N4O3. The number of anilines is 1. The van der Waals surface area contributed by atoms with Gasteiger partial charge in [0.25, 0.3) is 5.56 Å². The number of fused-ring (bicyclic) bond motifs is 8. The maximum atomic E-state index is 14.4. The first kappa shape index (κ1) is 25.6. The summed E-state index contributed by atoms with van der Waals surface area (Å²) in [6.45, 7) is 4.00. The molecule has 7 rings (SSSR count). The molecule has 2 amide bonds. The van der Waals surface area contributed by atoms with Crippen LogP contribution in [-0.4, -0.2) is 27.4 Å². The number of halogens is 3. The zero-order chi connectivity index (χ0) is 28.8. The average Bonchev–Trinajstić information content (AvgIpc) is 3.51. The Balaban J connectivity index is 1.49. The van der Waals surface area contributed by atoms with Gasteiger partial charge in [-0.15, -0.1) is 0 Å². The molecule has 2 saturated heterocycles. The highest BCUT2D eigenvalue weighted by molar-refractivity contribution is 6.23. The Morgan fingerprint density at radius 1 is 0.951 bits per heavy atom. The monoisotopic (exact) mass is 558 g/mol. The number of imide groups is 1. The lowest BCUT2D eigenvalue weighted by Gasteiger charge is -2.32. The minimum Gasteiger partial charge on any atom is -0.297 e. The zero-order valence-corrected chi connectivity index (χ0v) is 22.1. The van der Waals surface area contributed by atoms with Gasteiger partial charge in [-0.25, -0.2) is 9.88 Å². The number of carbonyl (C=O) groups is 2. The molecule has 3 aliphatic heterocycles. The van der Waals surface area contributed by atoms with Crippen LogP contribution in [-0.2, 0) is 21.3 Å². The Labute approximate surface area is 232 Å². The number of aromatic nitrogens is 2. The largest absolute Gasteiger partial charge is 0.416 e. The van der Waals surface area contributed by atoms with E-state index in [0.717, 1.165) is 17.0 Å². The van der Waals surface area contributed by atoms with Gasteiger partial charge in [0, 0.05) is 11.6 Å². The lowest BCUT2D eigenvalue weighted by molar-refractivity contribution is -0.137. The van der Waals surface area contributed by atoms with Gasteiger partial charge in [-0.2, -0.15) is 13.2 Å². The Bertz CT molecular complexity index is 1830. The molecule has 0 radical (unpaired) electrons. The number of hydrogen-bond donors (Lipinski definition) is 1. The SMILES string of the molecule is CC(C)C[C@H]1N[C@@]2(c3ccccc3-n3c2nc2ccccc2c3=O)[C@H]2C(=O)N(c3cccc(C(F)(F)F)c3)C(=O)[C@@H]12. The van der Waals surface area contributed by atoms with Gasteiger partial charge in [0.2, 0.25) is 11.8 Å². The van der Waals surface area contributed by atoms with E-state index in [1.807, 2.05) is 19.9 Å². The van der Waals surface area contributed by atoms with Crippen LogP contribution in [0.15, 0.2) is 77.6 Å². The number of amides is 2. The van der Waals surface area contributed by atoms with Crippen molar-refractivity contribution >= 4 is 28.4 Å². The molecule has 41 heavy (non-hydrogen) atoms. The predicted molar refractivity (Wildman–Crippen MR) is 145 cm³/mol. The summed E-state index contributed by atoms with van der Waals surface area (Å²) in [7, 11) is 0. The quantitative estimate of drug-likeness (QED) is 0.366. The summed E-state index contributed by atoms with van der Waals surface area (Å²) >= 11 is 0. The lowest BCUT2D eigenvalue weighted by Crippen LogP contribution is -2.50. The summed E-state index contributed by atoms with van der Waals surface area (Å²) in [4.78, 5) is 48.1. The molecule has 7 nitrogen and oxygen atoms in total. The molecule has 0 unspecified atom stereocenters. The van der Waals surface area contributed by atoms with E-state index in [1.54, 1.807) is 42.5 Å². The molecule has 2 fully saturated rings. The van der Waals surface area contributed by atoms with E-state index < -0.39 is 47.0 Å². The molecule has 0 saturated carbocycles. The minimum atomic E-state index is -4.64. The molecule has 208 valence electrons. The van der Waals surface area contributed by atoms with Crippen molar-refractivity contribution in [3.63, 3.8) is 0 Å². The summed E-state index contributed by atoms with van der Waals surface area (Å²) < 4.78 is 42.3. The van der Waals surface area contributed by atoms with Crippen LogP contribution in [0.3, 0.4) is 0 Å². The summed E-state index contributed by atoms with van der Waals surface area (Å²) in [6.07, 6.45) is -4.12. The van der Waals surface area contributed by atoms with Crippen LogP contribution in [0, 0.1) is 17.8 Å². The number of rotatable bonds is 3. The van der Waals surface area contributed by atoms with Gasteiger partial charge in [0.15, 0.2) is 0 Å². The molecule has 3 aromatic carbocycles. The van der Waals surface area contributed by atoms with Gasteiger partial charge in [0.1, 0.15) is 11.4 Å². The number of carbonyl (C=O) groups excluding carboxylic acids is 2.